The lowest BCUT2D eigenvalue weighted by Gasteiger charge is -2.06. The summed E-state index contributed by atoms with van der Waals surface area (Å²) >= 11 is 1.55. The quantitative estimate of drug-likeness (QED) is 0.342. The van der Waals surface area contributed by atoms with Gasteiger partial charge in [-0.1, -0.05) is 11.8 Å². The zero-order valence-electron chi connectivity index (χ0n) is 9.19. The van der Waals surface area contributed by atoms with Gasteiger partial charge in [0, 0.05) is 28.9 Å². The lowest BCUT2D eigenvalue weighted by Crippen LogP contribution is -2.30. The van der Waals surface area contributed by atoms with Crippen LogP contribution in [-0.2, 0) is 4.74 Å². The fraction of sp³-hybridized carbons (Fsp3) is 0.364. The van der Waals surface area contributed by atoms with Crippen molar-refractivity contribution in [2.75, 3.05) is 6.61 Å². The number of ether oxygens (including phenoxy) is 1. The number of rotatable bonds is 4. The first-order valence-corrected chi connectivity index (χ1v) is 5.67. The SMILES string of the molecule is CCOC=CSc1cc[n+]([O-])c(C)c1C. The molecule has 1 aromatic rings. The third-order valence-corrected chi connectivity index (χ3v) is 3.06. The van der Waals surface area contributed by atoms with E-state index < -0.39 is 0 Å². The van der Waals surface area contributed by atoms with E-state index in [1.807, 2.05) is 32.2 Å². The summed E-state index contributed by atoms with van der Waals surface area (Å²) in [5, 5.41) is 13.1. The molecule has 0 amide bonds. The molecule has 0 fully saturated rings. The maximum Gasteiger partial charge on any atom is 0.193 e. The summed E-state index contributed by atoms with van der Waals surface area (Å²) in [5.41, 5.74) is 1.75. The second-order valence-electron chi connectivity index (χ2n) is 3.06. The second-order valence-corrected chi connectivity index (χ2v) is 4.01. The first-order chi connectivity index (χ1) is 7.16. The predicted molar refractivity (Wildman–Crippen MR) is 61.5 cm³/mol. The van der Waals surface area contributed by atoms with Crippen molar-refractivity contribution in [2.45, 2.75) is 25.7 Å². The molecule has 0 saturated carbocycles. The van der Waals surface area contributed by atoms with E-state index in [2.05, 4.69) is 0 Å². The van der Waals surface area contributed by atoms with Gasteiger partial charge in [-0.05, 0) is 13.8 Å². The summed E-state index contributed by atoms with van der Waals surface area (Å²) in [6, 6.07) is 1.82. The van der Waals surface area contributed by atoms with Gasteiger partial charge in [0.25, 0.3) is 0 Å². The lowest BCUT2D eigenvalue weighted by atomic mass is 10.2. The van der Waals surface area contributed by atoms with Gasteiger partial charge in [0.1, 0.15) is 0 Å². The van der Waals surface area contributed by atoms with Crippen molar-refractivity contribution in [3.63, 3.8) is 0 Å². The first kappa shape index (κ1) is 11.9. The normalized spacial score (nSPS) is 10.9. The van der Waals surface area contributed by atoms with Crippen LogP contribution in [0.25, 0.3) is 0 Å². The number of nitrogens with zero attached hydrogens (tertiary/aromatic N) is 1. The van der Waals surface area contributed by atoms with E-state index >= 15 is 0 Å². The molecule has 3 nitrogen and oxygen atoms in total. The van der Waals surface area contributed by atoms with Gasteiger partial charge in [0.2, 0.25) is 0 Å². The minimum absolute atomic E-state index is 0.671. The van der Waals surface area contributed by atoms with Gasteiger partial charge < -0.3 is 9.94 Å². The van der Waals surface area contributed by atoms with Gasteiger partial charge in [-0.2, -0.15) is 4.73 Å². The summed E-state index contributed by atoms with van der Waals surface area (Å²) in [6.45, 7) is 6.37. The summed E-state index contributed by atoms with van der Waals surface area (Å²) < 4.78 is 5.96. The van der Waals surface area contributed by atoms with Gasteiger partial charge in [0.05, 0.1) is 12.9 Å². The van der Waals surface area contributed by atoms with Crippen LogP contribution >= 0.6 is 11.8 Å². The van der Waals surface area contributed by atoms with Crippen LogP contribution in [0.4, 0.5) is 0 Å². The topological polar surface area (TPSA) is 36.2 Å². The number of aromatic nitrogens is 1. The van der Waals surface area contributed by atoms with Gasteiger partial charge >= 0.3 is 0 Å². The Hall–Kier alpha value is -1.16. The van der Waals surface area contributed by atoms with Crippen LogP contribution in [0.1, 0.15) is 18.2 Å². The van der Waals surface area contributed by atoms with Crippen LogP contribution in [0.5, 0.6) is 0 Å². The number of thioether (sulfide) groups is 1. The van der Waals surface area contributed by atoms with Crippen LogP contribution in [0.3, 0.4) is 0 Å². The van der Waals surface area contributed by atoms with Crippen LogP contribution in [0, 0.1) is 19.1 Å². The van der Waals surface area contributed by atoms with E-state index in [9.17, 15) is 5.21 Å². The lowest BCUT2D eigenvalue weighted by molar-refractivity contribution is -0.613. The van der Waals surface area contributed by atoms with Crippen molar-refractivity contribution in [1.29, 1.82) is 0 Å². The van der Waals surface area contributed by atoms with Crippen LogP contribution in [-0.4, -0.2) is 6.61 Å². The minimum Gasteiger partial charge on any atom is -0.619 e. The van der Waals surface area contributed by atoms with E-state index in [1.165, 1.54) is 6.20 Å². The van der Waals surface area contributed by atoms with E-state index in [0.29, 0.717) is 6.61 Å². The molecule has 1 rings (SSSR count). The van der Waals surface area contributed by atoms with Crippen molar-refractivity contribution in [1.82, 2.24) is 0 Å². The Balaban J connectivity index is 2.74. The molecular weight excluding hydrogens is 210 g/mol. The van der Waals surface area contributed by atoms with Crippen molar-refractivity contribution in [3.8, 4) is 0 Å². The highest BCUT2D eigenvalue weighted by Crippen LogP contribution is 2.23. The monoisotopic (exact) mass is 225 g/mol. The third kappa shape index (κ3) is 3.16. The summed E-state index contributed by atoms with van der Waals surface area (Å²) in [6.07, 6.45) is 3.19. The molecule has 0 aromatic carbocycles. The van der Waals surface area contributed by atoms with E-state index in [4.69, 9.17) is 4.74 Å². The molecule has 82 valence electrons. The Morgan fingerprint density at radius 2 is 2.27 bits per heavy atom. The minimum atomic E-state index is 0.671. The fourth-order valence-electron chi connectivity index (χ4n) is 1.08. The zero-order chi connectivity index (χ0) is 11.3. The van der Waals surface area contributed by atoms with E-state index in [0.717, 1.165) is 20.9 Å². The molecule has 4 heteroatoms. The van der Waals surface area contributed by atoms with Crippen LogP contribution in [0.15, 0.2) is 28.8 Å². The van der Waals surface area contributed by atoms with Crippen LogP contribution < -0.4 is 4.73 Å². The predicted octanol–water partition coefficient (Wildman–Crippen LogP) is 2.54. The standard InChI is InChI=1S/C11H15NO2S/c1-4-14-7-8-15-11-5-6-12(13)10(3)9(11)2/h5-8H,4H2,1-3H3. The van der Waals surface area contributed by atoms with Crippen molar-refractivity contribution >= 4 is 11.8 Å². The Bertz CT molecular complexity index is 364. The van der Waals surface area contributed by atoms with Gasteiger partial charge in [0.15, 0.2) is 11.9 Å². The largest absolute Gasteiger partial charge is 0.619 e. The Labute approximate surface area is 94.3 Å². The van der Waals surface area contributed by atoms with E-state index in [1.54, 1.807) is 18.0 Å². The van der Waals surface area contributed by atoms with Gasteiger partial charge in [-0.25, -0.2) is 0 Å². The molecule has 1 aromatic heterocycles. The summed E-state index contributed by atoms with van der Waals surface area (Å²) in [7, 11) is 0. The molecule has 0 unspecified atom stereocenters. The molecule has 0 spiro atoms. The molecule has 0 radical (unpaired) electrons. The molecule has 0 aliphatic heterocycles. The maximum atomic E-state index is 11.2. The molecule has 1 heterocycles. The first-order valence-electron chi connectivity index (χ1n) is 4.79. The van der Waals surface area contributed by atoms with Crippen molar-refractivity contribution in [3.05, 3.63) is 40.4 Å². The molecular formula is C11H15NO2S. The van der Waals surface area contributed by atoms with Gasteiger partial charge in [-0.15, -0.1) is 0 Å². The Morgan fingerprint density at radius 1 is 1.53 bits per heavy atom. The average molecular weight is 225 g/mol. The van der Waals surface area contributed by atoms with Gasteiger partial charge in [-0.3, -0.25) is 0 Å². The zero-order valence-corrected chi connectivity index (χ0v) is 10.0. The highest BCUT2D eigenvalue weighted by Gasteiger charge is 2.07. The number of hydrogen-bond donors (Lipinski definition) is 0. The van der Waals surface area contributed by atoms with E-state index in [-0.39, 0.29) is 0 Å². The average Bonchev–Trinajstić information content (AvgIpc) is 2.24. The highest BCUT2D eigenvalue weighted by molar-refractivity contribution is 8.02. The smallest absolute Gasteiger partial charge is 0.193 e. The van der Waals surface area contributed by atoms with Crippen molar-refractivity contribution in [2.24, 2.45) is 0 Å². The molecule has 15 heavy (non-hydrogen) atoms. The molecule has 0 atom stereocenters. The fourth-order valence-corrected chi connectivity index (χ4v) is 1.82. The molecule has 0 saturated heterocycles. The maximum absolute atomic E-state index is 11.2. The second kappa shape index (κ2) is 5.66. The highest BCUT2D eigenvalue weighted by atomic mass is 32.2. The van der Waals surface area contributed by atoms with Crippen molar-refractivity contribution < 1.29 is 9.47 Å². The van der Waals surface area contributed by atoms with Crippen LogP contribution in [0.2, 0.25) is 0 Å². The summed E-state index contributed by atoms with van der Waals surface area (Å²) in [4.78, 5) is 1.08. The third-order valence-electron chi connectivity index (χ3n) is 2.12. The molecule has 0 aliphatic rings. The molecule has 0 bridgehead atoms. The molecule has 0 aliphatic carbocycles. The Kier molecular flexibility index (Phi) is 4.49. The number of hydrogen-bond acceptors (Lipinski definition) is 3. The molecule has 0 N–H and O–H groups in total. The Morgan fingerprint density at radius 3 is 2.93 bits per heavy atom. The summed E-state index contributed by atoms with van der Waals surface area (Å²) in [5.74, 6) is 0. The number of pyridine rings is 1.